The Kier molecular flexibility index (Phi) is 18.9. The predicted molar refractivity (Wildman–Crippen MR) is 147 cm³/mol. The number of hydrogen-bond acceptors (Lipinski definition) is 4. The van der Waals surface area contributed by atoms with Gasteiger partial charge in [-0.15, -0.1) is 0 Å². The second-order valence-electron chi connectivity index (χ2n) is 8.08. The molecule has 3 rings (SSSR count). The van der Waals surface area contributed by atoms with Crippen LogP contribution in [-0.2, 0) is 6.42 Å². The molecule has 35 heavy (non-hydrogen) atoms. The van der Waals surface area contributed by atoms with E-state index >= 15 is 0 Å². The van der Waals surface area contributed by atoms with Gasteiger partial charge >= 0.3 is 0 Å². The Hall–Kier alpha value is -2.11. The average molecular weight is 492 g/mol. The number of hydrogen-bond donors (Lipinski definition) is 1. The second-order valence-corrected chi connectivity index (χ2v) is 8.08. The maximum Gasteiger partial charge on any atom is 0.166 e. The number of benzene rings is 2. The fourth-order valence-corrected chi connectivity index (χ4v) is 3.83. The van der Waals surface area contributed by atoms with Crippen LogP contribution in [0, 0.1) is 11.7 Å². The number of aliphatic hydroxyl groups excluding tert-OH is 1. The second kappa shape index (κ2) is 20.1. The van der Waals surface area contributed by atoms with Crippen LogP contribution >= 0.6 is 0 Å². The molecule has 1 N–H and O–H groups in total. The predicted octanol–water partition coefficient (Wildman–Crippen LogP) is 7.69. The molecule has 200 valence electrons. The number of methoxy groups -OCH3 is 2. The Bertz CT molecular complexity index is 757. The lowest BCUT2D eigenvalue weighted by Crippen LogP contribution is -2.36. The van der Waals surface area contributed by atoms with E-state index in [-0.39, 0.29) is 11.7 Å². The van der Waals surface area contributed by atoms with Crippen molar-refractivity contribution in [3.8, 4) is 11.5 Å². The highest BCUT2D eigenvalue weighted by molar-refractivity contribution is 5.47. The molecule has 0 bridgehead atoms. The lowest BCUT2D eigenvalue weighted by atomic mass is 9.87. The first-order valence-electron chi connectivity index (χ1n) is 13.4. The third-order valence-electron chi connectivity index (χ3n) is 5.96. The number of ether oxygens (including phenoxy) is 2. The van der Waals surface area contributed by atoms with E-state index in [0.717, 1.165) is 50.0 Å². The zero-order valence-electron chi connectivity index (χ0n) is 23.4. The molecule has 1 fully saturated rings. The van der Waals surface area contributed by atoms with Crippen LogP contribution in [0.1, 0.15) is 84.5 Å². The van der Waals surface area contributed by atoms with E-state index in [1.54, 1.807) is 14.2 Å². The van der Waals surface area contributed by atoms with Gasteiger partial charge in [-0.1, -0.05) is 78.6 Å². The van der Waals surface area contributed by atoms with Crippen LogP contribution in [0.2, 0.25) is 0 Å². The summed E-state index contributed by atoms with van der Waals surface area (Å²) in [7, 11) is 3.21. The lowest BCUT2D eigenvalue weighted by molar-refractivity contribution is 0.0573. The van der Waals surface area contributed by atoms with Crippen molar-refractivity contribution < 1.29 is 19.0 Å². The summed E-state index contributed by atoms with van der Waals surface area (Å²) in [5.74, 6) is 1.27. The summed E-state index contributed by atoms with van der Waals surface area (Å²) in [6.45, 7) is 15.2. The van der Waals surface area contributed by atoms with Crippen molar-refractivity contribution in [2.75, 3.05) is 33.9 Å². The molecule has 0 radical (unpaired) electrons. The first-order chi connectivity index (χ1) is 17.0. The van der Waals surface area contributed by atoms with Crippen molar-refractivity contribution in [3.63, 3.8) is 0 Å². The Balaban J connectivity index is 0.00000129. The molecular weight excluding hydrogens is 441 g/mol. The molecule has 0 amide bonds. The van der Waals surface area contributed by atoms with Gasteiger partial charge in [0.1, 0.15) is 5.82 Å². The zero-order valence-corrected chi connectivity index (χ0v) is 23.4. The molecule has 0 spiro atoms. The van der Waals surface area contributed by atoms with E-state index in [2.05, 4.69) is 18.7 Å². The van der Waals surface area contributed by atoms with E-state index < -0.39 is 6.10 Å². The monoisotopic (exact) mass is 491 g/mol. The van der Waals surface area contributed by atoms with Crippen molar-refractivity contribution >= 4 is 0 Å². The van der Waals surface area contributed by atoms with Crippen LogP contribution in [-0.4, -0.2) is 43.9 Å². The quantitative estimate of drug-likeness (QED) is 0.411. The number of halogens is 1. The first kappa shape index (κ1) is 32.9. The number of unbranched alkanes of at least 4 members (excludes halogenated alkanes) is 1. The van der Waals surface area contributed by atoms with Crippen molar-refractivity contribution in [3.05, 3.63) is 59.4 Å². The van der Waals surface area contributed by atoms with Gasteiger partial charge in [-0.3, -0.25) is 0 Å². The Morgan fingerprint density at radius 3 is 1.97 bits per heavy atom. The molecule has 0 aromatic heterocycles. The fraction of sp³-hybridized carbons (Fsp3) is 0.600. The van der Waals surface area contributed by atoms with E-state index in [4.69, 9.17) is 9.47 Å². The molecule has 2 aromatic rings. The van der Waals surface area contributed by atoms with Crippen LogP contribution < -0.4 is 9.47 Å². The molecule has 2 aromatic carbocycles. The van der Waals surface area contributed by atoms with E-state index in [1.807, 2.05) is 58.0 Å². The SMILES string of the molecule is CC.CC.CCCC.COc1cccc(C(O)C2CCN(CCc3ccc(F)cc3)CC2)c1OC. The number of likely N-dealkylation sites (tertiary alicyclic amines) is 1. The average Bonchev–Trinajstić information content (AvgIpc) is 2.94. The Labute approximate surface area is 214 Å². The minimum absolute atomic E-state index is 0.193. The van der Waals surface area contributed by atoms with Crippen molar-refractivity contribution in [2.45, 2.75) is 79.8 Å². The molecule has 5 heteroatoms. The highest BCUT2D eigenvalue weighted by atomic mass is 19.1. The molecular formula is C30H50FNO3. The minimum atomic E-state index is -0.561. The molecule has 1 heterocycles. The summed E-state index contributed by atoms with van der Waals surface area (Å²) in [5.41, 5.74) is 1.95. The largest absolute Gasteiger partial charge is 0.493 e. The first-order valence-corrected chi connectivity index (χ1v) is 13.4. The van der Waals surface area contributed by atoms with Crippen molar-refractivity contribution in [1.29, 1.82) is 0 Å². The Morgan fingerprint density at radius 2 is 1.49 bits per heavy atom. The van der Waals surface area contributed by atoms with Crippen LogP contribution in [0.4, 0.5) is 4.39 Å². The van der Waals surface area contributed by atoms with Crippen LogP contribution in [0.3, 0.4) is 0 Å². The van der Waals surface area contributed by atoms with Gasteiger partial charge in [0.05, 0.1) is 20.3 Å². The van der Waals surface area contributed by atoms with Gasteiger partial charge in [0.2, 0.25) is 0 Å². The Morgan fingerprint density at radius 1 is 0.914 bits per heavy atom. The van der Waals surface area contributed by atoms with Crippen LogP contribution in [0.15, 0.2) is 42.5 Å². The summed E-state index contributed by atoms with van der Waals surface area (Å²) in [4.78, 5) is 2.41. The summed E-state index contributed by atoms with van der Waals surface area (Å²) < 4.78 is 23.8. The van der Waals surface area contributed by atoms with Crippen molar-refractivity contribution in [2.24, 2.45) is 5.92 Å². The summed E-state index contributed by atoms with van der Waals surface area (Å²) >= 11 is 0. The van der Waals surface area contributed by atoms with Gasteiger partial charge in [-0.05, 0) is 62.0 Å². The highest BCUT2D eigenvalue weighted by Crippen LogP contribution is 2.39. The zero-order chi connectivity index (χ0) is 26.6. The van der Waals surface area contributed by atoms with Crippen molar-refractivity contribution in [1.82, 2.24) is 4.90 Å². The number of para-hydroxylation sites is 1. The van der Waals surface area contributed by atoms with E-state index in [9.17, 15) is 9.50 Å². The minimum Gasteiger partial charge on any atom is -0.493 e. The van der Waals surface area contributed by atoms with Gasteiger partial charge < -0.3 is 19.5 Å². The third kappa shape index (κ3) is 11.4. The highest BCUT2D eigenvalue weighted by Gasteiger charge is 2.28. The smallest absolute Gasteiger partial charge is 0.166 e. The molecule has 4 nitrogen and oxygen atoms in total. The van der Waals surface area contributed by atoms with Gasteiger partial charge in [-0.2, -0.15) is 0 Å². The normalized spacial score (nSPS) is 14.2. The molecule has 1 aliphatic heterocycles. The topological polar surface area (TPSA) is 41.9 Å². The van der Waals surface area contributed by atoms with Gasteiger partial charge in [-0.25, -0.2) is 4.39 Å². The van der Waals surface area contributed by atoms with Crippen LogP contribution in [0.25, 0.3) is 0 Å². The van der Waals surface area contributed by atoms with Crippen LogP contribution in [0.5, 0.6) is 11.5 Å². The maximum atomic E-state index is 13.0. The van der Waals surface area contributed by atoms with Gasteiger partial charge in [0.15, 0.2) is 11.5 Å². The molecule has 1 unspecified atom stereocenters. The summed E-state index contributed by atoms with van der Waals surface area (Å²) in [6.07, 6.45) is 4.86. The maximum absolute atomic E-state index is 13.0. The number of rotatable bonds is 8. The fourth-order valence-electron chi connectivity index (χ4n) is 3.83. The molecule has 1 saturated heterocycles. The lowest BCUT2D eigenvalue weighted by Gasteiger charge is -2.34. The molecule has 1 atom stereocenters. The van der Waals surface area contributed by atoms with E-state index in [0.29, 0.717) is 11.5 Å². The van der Waals surface area contributed by atoms with Gasteiger partial charge in [0, 0.05) is 12.1 Å². The summed E-state index contributed by atoms with van der Waals surface area (Å²) in [6, 6.07) is 12.4. The third-order valence-corrected chi connectivity index (χ3v) is 5.96. The standard InChI is InChI=1S/C22H28FNO3.C4H10.2C2H6/c1-26-20-5-3-4-19(22(20)27-2)21(25)17-11-14-24(15-12-17)13-10-16-6-8-18(23)9-7-16;1-3-4-2;2*1-2/h3-9,17,21,25H,10-15H2,1-2H3;3-4H2,1-2H3;2*1-2H3. The van der Waals surface area contributed by atoms with Gasteiger partial charge in [0.25, 0.3) is 0 Å². The molecule has 1 aliphatic rings. The number of piperidine rings is 1. The number of aliphatic hydroxyl groups is 1. The molecule has 0 saturated carbocycles. The molecule has 0 aliphatic carbocycles. The summed E-state index contributed by atoms with van der Waals surface area (Å²) in [5, 5.41) is 10.9. The number of nitrogens with zero attached hydrogens (tertiary/aromatic N) is 1. The van der Waals surface area contributed by atoms with E-state index in [1.165, 1.54) is 25.0 Å².